The molecule has 2 aromatic rings. The summed E-state index contributed by atoms with van der Waals surface area (Å²) in [5.74, 6) is 1.68. The largest absolute Gasteiger partial charge is 0.494 e. The number of benzene rings is 1. The van der Waals surface area contributed by atoms with Crippen LogP contribution < -0.4 is 19.8 Å². The molecule has 0 amide bonds. The number of allylic oxidation sites excluding steroid dienone is 3. The quantitative estimate of drug-likeness (QED) is 0.114. The number of fused-ring (bicyclic) bond motifs is 1. The summed E-state index contributed by atoms with van der Waals surface area (Å²) in [6.45, 7) is 15.2. The number of unbranched alkanes of at least 4 members (excludes halogenated alkanes) is 7. The normalized spacial score (nSPS) is 11.6. The molecule has 1 aromatic carbocycles. The lowest BCUT2D eigenvalue weighted by Gasteiger charge is -2.19. The van der Waals surface area contributed by atoms with Crippen molar-refractivity contribution in [1.29, 1.82) is 0 Å². The molecule has 40 heavy (non-hydrogen) atoms. The van der Waals surface area contributed by atoms with Gasteiger partial charge in [-0.3, -0.25) is 4.79 Å². The van der Waals surface area contributed by atoms with Gasteiger partial charge in [0.1, 0.15) is 12.4 Å². The minimum atomic E-state index is -0.107. The number of nitrogens with zero attached hydrogens (tertiary/aromatic N) is 1. The summed E-state index contributed by atoms with van der Waals surface area (Å²) in [6.07, 6.45) is 17.2. The standard InChI is InChI=1S/C35H55NO4/c1-7-10-13-15-23-36-32-27-30(38-24-12-9-3)20-21-31(32)33(34(35(36)37)39-25-16-14-11-8-2)40-26-22-29(6)19-17-18-28(4)5/h18,20-22,27H,7-17,19,23-26H2,1-6H3/b29-22+. The van der Waals surface area contributed by atoms with E-state index in [9.17, 15) is 4.79 Å². The Balaban J connectivity index is 2.47. The van der Waals surface area contributed by atoms with Crippen molar-refractivity contribution in [3.8, 4) is 17.2 Å². The first kappa shape index (κ1) is 33.5. The molecule has 0 saturated heterocycles. The summed E-state index contributed by atoms with van der Waals surface area (Å²) < 4.78 is 20.5. The highest BCUT2D eigenvalue weighted by Gasteiger charge is 2.20. The predicted octanol–water partition coefficient (Wildman–Crippen LogP) is 9.79. The first-order valence-corrected chi connectivity index (χ1v) is 15.8. The smallest absolute Gasteiger partial charge is 0.297 e. The topological polar surface area (TPSA) is 49.7 Å². The van der Waals surface area contributed by atoms with Gasteiger partial charge in [-0.2, -0.15) is 0 Å². The van der Waals surface area contributed by atoms with E-state index in [1.807, 2.05) is 22.8 Å². The van der Waals surface area contributed by atoms with E-state index in [0.29, 0.717) is 37.9 Å². The Morgan fingerprint density at radius 3 is 2.17 bits per heavy atom. The van der Waals surface area contributed by atoms with Crippen LogP contribution in [0.2, 0.25) is 0 Å². The van der Waals surface area contributed by atoms with E-state index in [2.05, 4.69) is 53.7 Å². The van der Waals surface area contributed by atoms with Gasteiger partial charge in [-0.25, -0.2) is 0 Å². The van der Waals surface area contributed by atoms with Crippen LogP contribution in [0.3, 0.4) is 0 Å². The average molecular weight is 554 g/mol. The molecule has 2 rings (SSSR count). The molecule has 0 aliphatic rings. The third-order valence-electron chi connectivity index (χ3n) is 7.15. The van der Waals surface area contributed by atoms with Crippen LogP contribution in [0.15, 0.2) is 46.3 Å². The van der Waals surface area contributed by atoms with Crippen LogP contribution in [0.4, 0.5) is 0 Å². The van der Waals surface area contributed by atoms with Gasteiger partial charge in [-0.05, 0) is 71.1 Å². The van der Waals surface area contributed by atoms with Crippen molar-refractivity contribution in [1.82, 2.24) is 4.57 Å². The Morgan fingerprint density at radius 2 is 1.48 bits per heavy atom. The first-order chi connectivity index (χ1) is 19.4. The lowest BCUT2D eigenvalue weighted by atomic mass is 10.1. The summed E-state index contributed by atoms with van der Waals surface area (Å²) >= 11 is 0. The lowest BCUT2D eigenvalue weighted by Crippen LogP contribution is -2.24. The van der Waals surface area contributed by atoms with Crippen LogP contribution in [0.5, 0.6) is 17.2 Å². The number of aryl methyl sites for hydroxylation is 1. The van der Waals surface area contributed by atoms with E-state index in [1.54, 1.807) is 0 Å². The van der Waals surface area contributed by atoms with Crippen LogP contribution in [-0.2, 0) is 6.54 Å². The number of ether oxygens (including phenoxy) is 3. The molecule has 0 aliphatic carbocycles. The Labute approximate surface area is 243 Å². The zero-order valence-corrected chi connectivity index (χ0v) is 26.3. The monoisotopic (exact) mass is 553 g/mol. The molecular weight excluding hydrogens is 498 g/mol. The summed E-state index contributed by atoms with van der Waals surface area (Å²) in [6, 6.07) is 6.02. The Morgan fingerprint density at radius 1 is 0.775 bits per heavy atom. The van der Waals surface area contributed by atoms with Crippen LogP contribution in [0.1, 0.15) is 119 Å². The second-order valence-electron chi connectivity index (χ2n) is 11.1. The molecule has 0 fully saturated rings. The molecule has 0 aliphatic heterocycles. The molecule has 0 unspecified atom stereocenters. The maximum Gasteiger partial charge on any atom is 0.297 e. The second kappa shape index (κ2) is 19.4. The fourth-order valence-corrected chi connectivity index (χ4v) is 4.65. The van der Waals surface area contributed by atoms with E-state index >= 15 is 0 Å². The SMILES string of the molecule is CCCCCCOc1c(OC/C=C(\C)CCC=C(C)C)c2ccc(OCCCC)cc2n(CCCCCC)c1=O. The minimum absolute atomic E-state index is 0.107. The Hall–Kier alpha value is -2.69. The third kappa shape index (κ3) is 11.4. The van der Waals surface area contributed by atoms with Gasteiger partial charge in [0.25, 0.3) is 5.56 Å². The molecule has 5 nitrogen and oxygen atoms in total. The zero-order valence-electron chi connectivity index (χ0n) is 26.3. The van der Waals surface area contributed by atoms with Crippen molar-refractivity contribution in [2.45, 2.75) is 125 Å². The van der Waals surface area contributed by atoms with Crippen molar-refractivity contribution >= 4 is 10.9 Å². The van der Waals surface area contributed by atoms with Gasteiger partial charge in [0.2, 0.25) is 5.75 Å². The van der Waals surface area contributed by atoms with Crippen LogP contribution in [0, 0.1) is 0 Å². The maximum atomic E-state index is 14.0. The molecule has 0 spiro atoms. The van der Waals surface area contributed by atoms with E-state index in [1.165, 1.54) is 24.0 Å². The van der Waals surface area contributed by atoms with Gasteiger partial charge < -0.3 is 18.8 Å². The van der Waals surface area contributed by atoms with Gasteiger partial charge >= 0.3 is 0 Å². The van der Waals surface area contributed by atoms with Gasteiger partial charge in [0, 0.05) is 18.0 Å². The number of rotatable bonds is 21. The van der Waals surface area contributed by atoms with Gasteiger partial charge in [0.15, 0.2) is 5.75 Å². The Kier molecular flexibility index (Phi) is 16.3. The second-order valence-corrected chi connectivity index (χ2v) is 11.1. The van der Waals surface area contributed by atoms with E-state index in [4.69, 9.17) is 14.2 Å². The zero-order chi connectivity index (χ0) is 29.2. The van der Waals surface area contributed by atoms with E-state index < -0.39 is 0 Å². The lowest BCUT2D eigenvalue weighted by molar-refractivity contribution is 0.272. The van der Waals surface area contributed by atoms with Gasteiger partial charge in [0.05, 0.1) is 18.7 Å². The molecule has 0 atom stereocenters. The number of hydrogen-bond acceptors (Lipinski definition) is 4. The molecule has 0 radical (unpaired) electrons. The molecular formula is C35H55NO4. The van der Waals surface area contributed by atoms with Crippen molar-refractivity contribution in [3.05, 3.63) is 51.9 Å². The molecule has 0 saturated carbocycles. The molecule has 224 valence electrons. The average Bonchev–Trinajstić information content (AvgIpc) is 2.93. The van der Waals surface area contributed by atoms with Crippen LogP contribution >= 0.6 is 0 Å². The van der Waals surface area contributed by atoms with Crippen molar-refractivity contribution in [3.63, 3.8) is 0 Å². The fourth-order valence-electron chi connectivity index (χ4n) is 4.65. The minimum Gasteiger partial charge on any atom is -0.494 e. The first-order valence-electron chi connectivity index (χ1n) is 15.8. The third-order valence-corrected chi connectivity index (χ3v) is 7.15. The summed E-state index contributed by atoms with van der Waals surface area (Å²) in [4.78, 5) is 14.0. The Bertz CT molecular complexity index is 1120. The number of hydrogen-bond donors (Lipinski definition) is 0. The van der Waals surface area contributed by atoms with Crippen molar-refractivity contribution in [2.75, 3.05) is 19.8 Å². The van der Waals surface area contributed by atoms with Gasteiger partial charge in [-0.1, -0.05) is 82.9 Å². The molecule has 5 heteroatoms. The van der Waals surface area contributed by atoms with E-state index in [0.717, 1.165) is 80.9 Å². The van der Waals surface area contributed by atoms with Gasteiger partial charge in [-0.15, -0.1) is 0 Å². The van der Waals surface area contributed by atoms with Crippen LogP contribution in [0.25, 0.3) is 10.9 Å². The summed E-state index contributed by atoms with van der Waals surface area (Å²) in [7, 11) is 0. The van der Waals surface area contributed by atoms with E-state index in [-0.39, 0.29) is 5.56 Å². The molecule has 0 N–H and O–H groups in total. The molecule has 1 aromatic heterocycles. The summed E-state index contributed by atoms with van der Waals surface area (Å²) in [5, 5.41) is 0.900. The highest BCUT2D eigenvalue weighted by atomic mass is 16.5. The highest BCUT2D eigenvalue weighted by molar-refractivity contribution is 5.89. The highest BCUT2D eigenvalue weighted by Crippen LogP contribution is 2.35. The molecule has 0 bridgehead atoms. The van der Waals surface area contributed by atoms with Crippen LogP contribution in [-0.4, -0.2) is 24.4 Å². The maximum absolute atomic E-state index is 14.0. The van der Waals surface area contributed by atoms with Crippen molar-refractivity contribution < 1.29 is 14.2 Å². The summed E-state index contributed by atoms with van der Waals surface area (Å²) in [5.41, 5.74) is 3.36. The fraction of sp³-hybridized carbons (Fsp3) is 0.629. The predicted molar refractivity (Wildman–Crippen MR) is 170 cm³/mol. The molecule has 1 heterocycles. The van der Waals surface area contributed by atoms with Crippen molar-refractivity contribution in [2.24, 2.45) is 0 Å². The number of pyridine rings is 1. The number of aromatic nitrogens is 1.